The number of halogens is 2. The number of carbonyl (C=O) groups excluding carboxylic acids is 1. The maximum absolute atomic E-state index is 13.8. The van der Waals surface area contributed by atoms with Crippen LogP contribution in [0.1, 0.15) is 29.7 Å². The molecule has 2 heterocycles. The van der Waals surface area contributed by atoms with Crippen LogP contribution < -0.4 is 14.9 Å². The van der Waals surface area contributed by atoms with E-state index < -0.39 is 23.4 Å². The molecule has 1 aliphatic heterocycles. The van der Waals surface area contributed by atoms with E-state index in [2.05, 4.69) is 0 Å². The third-order valence-electron chi connectivity index (χ3n) is 5.84. The first kappa shape index (κ1) is 24.7. The Bertz CT molecular complexity index is 1710. The molecule has 4 aromatic rings. The number of rotatable bonds is 5. The lowest BCUT2D eigenvalue weighted by molar-refractivity contribution is -0.138. The van der Waals surface area contributed by atoms with Gasteiger partial charge in [0.05, 0.1) is 28.5 Å². The summed E-state index contributed by atoms with van der Waals surface area (Å²) in [5.74, 6) is -1.11. The van der Waals surface area contributed by atoms with E-state index in [1.54, 1.807) is 19.1 Å². The number of ether oxygens (including phenoxy) is 1. The van der Waals surface area contributed by atoms with Crippen molar-refractivity contribution in [2.45, 2.75) is 13.0 Å². The van der Waals surface area contributed by atoms with Crippen LogP contribution in [0.5, 0.6) is 5.75 Å². The molecular formula is C28H20ClFN2O4S. The quantitative estimate of drug-likeness (QED) is 0.384. The number of carbonyl (C=O) groups is 1. The number of nitrogens with zero attached hydrogens (tertiary/aromatic N) is 2. The zero-order valence-electron chi connectivity index (χ0n) is 19.5. The van der Waals surface area contributed by atoms with Gasteiger partial charge in [-0.3, -0.25) is 9.36 Å². The minimum Gasteiger partial charge on any atom is -0.507 e. The number of esters is 1. The minimum absolute atomic E-state index is 0.0393. The average molecular weight is 535 g/mol. The third kappa shape index (κ3) is 4.73. The second-order valence-corrected chi connectivity index (χ2v) is 9.63. The van der Waals surface area contributed by atoms with Crippen LogP contribution >= 0.6 is 22.9 Å². The number of benzene rings is 3. The lowest BCUT2D eigenvalue weighted by Gasteiger charge is -2.25. The van der Waals surface area contributed by atoms with Gasteiger partial charge in [-0.05, 0) is 48.9 Å². The average Bonchev–Trinajstić information content (AvgIpc) is 3.21. The monoisotopic (exact) mass is 534 g/mol. The molecule has 0 amide bonds. The number of fused-ring (bicyclic) bond motifs is 1. The molecule has 0 fully saturated rings. The molecule has 0 radical (unpaired) electrons. The van der Waals surface area contributed by atoms with Gasteiger partial charge in [-0.2, -0.15) is 0 Å². The van der Waals surface area contributed by atoms with Gasteiger partial charge in [0.2, 0.25) is 0 Å². The first-order valence-electron chi connectivity index (χ1n) is 11.4. The lowest BCUT2D eigenvalue weighted by atomic mass is 9.93. The Hall–Kier alpha value is -4.01. The molecule has 1 atom stereocenters. The maximum Gasteiger partial charge on any atom is 0.338 e. The molecule has 9 heteroatoms. The zero-order valence-corrected chi connectivity index (χ0v) is 21.1. The van der Waals surface area contributed by atoms with Crippen molar-refractivity contribution in [3.8, 4) is 5.75 Å². The highest BCUT2D eigenvalue weighted by Crippen LogP contribution is 2.35. The molecule has 0 unspecified atom stereocenters. The normalized spacial score (nSPS) is 15.3. The van der Waals surface area contributed by atoms with Gasteiger partial charge in [0.25, 0.3) is 5.56 Å². The van der Waals surface area contributed by atoms with Crippen LogP contribution in [0.2, 0.25) is 5.02 Å². The Labute approximate surface area is 219 Å². The van der Waals surface area contributed by atoms with E-state index in [1.165, 1.54) is 41.0 Å². The molecule has 37 heavy (non-hydrogen) atoms. The highest BCUT2D eigenvalue weighted by atomic mass is 35.5. The van der Waals surface area contributed by atoms with Crippen LogP contribution in [0.25, 0.3) is 11.8 Å². The van der Waals surface area contributed by atoms with Crippen LogP contribution in [0.4, 0.5) is 4.39 Å². The van der Waals surface area contributed by atoms with Crippen LogP contribution in [-0.2, 0) is 9.53 Å². The minimum atomic E-state index is -0.916. The molecule has 3 aromatic carbocycles. The fourth-order valence-corrected chi connectivity index (χ4v) is 5.36. The fraction of sp³-hybridized carbons (Fsp3) is 0.107. The Morgan fingerprint density at radius 3 is 2.59 bits per heavy atom. The summed E-state index contributed by atoms with van der Waals surface area (Å²) in [6.07, 6.45) is 1.53. The second kappa shape index (κ2) is 10.2. The summed E-state index contributed by atoms with van der Waals surface area (Å²) in [7, 11) is 0. The molecule has 1 N–H and O–H groups in total. The van der Waals surface area contributed by atoms with Gasteiger partial charge < -0.3 is 9.84 Å². The lowest BCUT2D eigenvalue weighted by Crippen LogP contribution is -2.40. The van der Waals surface area contributed by atoms with Gasteiger partial charge in [-0.25, -0.2) is 14.2 Å². The van der Waals surface area contributed by atoms with Crippen molar-refractivity contribution in [3.05, 3.63) is 126 Å². The van der Waals surface area contributed by atoms with Crippen molar-refractivity contribution in [1.82, 2.24) is 4.57 Å². The van der Waals surface area contributed by atoms with Crippen LogP contribution in [-0.4, -0.2) is 22.2 Å². The van der Waals surface area contributed by atoms with Crippen molar-refractivity contribution in [1.29, 1.82) is 0 Å². The molecule has 0 bridgehead atoms. The van der Waals surface area contributed by atoms with Gasteiger partial charge in [0, 0.05) is 16.1 Å². The molecule has 1 aromatic heterocycles. The smallest absolute Gasteiger partial charge is 0.338 e. The number of hydrogen-bond donors (Lipinski definition) is 1. The fourth-order valence-electron chi connectivity index (χ4n) is 4.18. The van der Waals surface area contributed by atoms with E-state index in [9.17, 15) is 19.1 Å². The molecule has 5 rings (SSSR count). The summed E-state index contributed by atoms with van der Waals surface area (Å²) in [4.78, 5) is 32.2. The van der Waals surface area contributed by atoms with Gasteiger partial charge in [0.1, 0.15) is 11.6 Å². The summed E-state index contributed by atoms with van der Waals surface area (Å²) >= 11 is 7.20. The van der Waals surface area contributed by atoms with E-state index in [1.807, 2.05) is 30.3 Å². The summed E-state index contributed by atoms with van der Waals surface area (Å²) in [6.45, 7) is 1.82. The summed E-state index contributed by atoms with van der Waals surface area (Å²) in [6, 6.07) is 18.4. The van der Waals surface area contributed by atoms with E-state index >= 15 is 0 Å². The maximum atomic E-state index is 13.8. The van der Waals surface area contributed by atoms with Crippen molar-refractivity contribution in [2.75, 3.05) is 6.61 Å². The summed E-state index contributed by atoms with van der Waals surface area (Å²) < 4.78 is 20.9. The van der Waals surface area contributed by atoms with Gasteiger partial charge in [0.15, 0.2) is 4.80 Å². The first-order chi connectivity index (χ1) is 17.9. The molecule has 0 saturated heterocycles. The second-order valence-electron chi connectivity index (χ2n) is 8.19. The molecule has 1 aliphatic rings. The predicted octanol–water partition coefficient (Wildman–Crippen LogP) is 4.43. The van der Waals surface area contributed by atoms with Gasteiger partial charge in [-0.1, -0.05) is 65.4 Å². The highest BCUT2D eigenvalue weighted by Gasteiger charge is 2.35. The van der Waals surface area contributed by atoms with E-state index in [0.717, 1.165) is 11.3 Å². The molecule has 0 aliphatic carbocycles. The van der Waals surface area contributed by atoms with Crippen molar-refractivity contribution in [2.24, 2.45) is 4.99 Å². The van der Waals surface area contributed by atoms with Crippen LogP contribution in [0, 0.1) is 5.82 Å². The van der Waals surface area contributed by atoms with E-state index in [0.29, 0.717) is 32.2 Å². The summed E-state index contributed by atoms with van der Waals surface area (Å²) in [5.41, 5.74) is 1.67. The van der Waals surface area contributed by atoms with Crippen molar-refractivity contribution >= 4 is 40.7 Å². The number of hydrogen-bond acceptors (Lipinski definition) is 6. The SMILES string of the molecule is CCOC(=O)C1=C(c2ccccc2)N=c2s/c(=C\c3cc(Cl)ccc3O)c(=O)n2[C@@H]1c1ccc(F)cc1. The molecule has 6 nitrogen and oxygen atoms in total. The van der Waals surface area contributed by atoms with Gasteiger partial charge >= 0.3 is 5.97 Å². The first-order valence-corrected chi connectivity index (χ1v) is 12.6. The zero-order chi connectivity index (χ0) is 26.1. The third-order valence-corrected chi connectivity index (χ3v) is 7.05. The number of aromatic hydroxyl groups is 1. The van der Waals surface area contributed by atoms with Crippen molar-refractivity contribution in [3.63, 3.8) is 0 Å². The number of thiazole rings is 1. The van der Waals surface area contributed by atoms with Crippen LogP contribution in [0.3, 0.4) is 0 Å². The Kier molecular flexibility index (Phi) is 6.78. The van der Waals surface area contributed by atoms with E-state index in [4.69, 9.17) is 21.3 Å². The Morgan fingerprint density at radius 2 is 1.89 bits per heavy atom. The van der Waals surface area contributed by atoms with E-state index in [-0.39, 0.29) is 22.5 Å². The van der Waals surface area contributed by atoms with Crippen LogP contribution in [0.15, 0.2) is 88.2 Å². The molecule has 0 saturated carbocycles. The topological polar surface area (TPSA) is 80.9 Å². The number of aromatic nitrogens is 1. The molecule has 0 spiro atoms. The molecule has 186 valence electrons. The highest BCUT2D eigenvalue weighted by molar-refractivity contribution is 7.07. The number of phenolic OH excluding ortho intramolecular Hbond substituents is 1. The predicted molar refractivity (Wildman–Crippen MR) is 141 cm³/mol. The van der Waals surface area contributed by atoms with Crippen molar-refractivity contribution < 1.29 is 19.0 Å². The molecular weight excluding hydrogens is 515 g/mol. The van der Waals surface area contributed by atoms with Gasteiger partial charge in [-0.15, -0.1) is 0 Å². The number of phenols is 1. The Morgan fingerprint density at radius 1 is 1.16 bits per heavy atom. The Balaban J connectivity index is 1.84. The standard InChI is InChI=1S/C28H20ClFN2O4S/c1-2-36-27(35)23-24(16-6-4-3-5-7-16)31-28-32(25(23)17-8-11-20(30)12-9-17)26(34)22(37-28)15-18-14-19(29)10-13-21(18)33/h3-15,25,33H,2H2,1H3/b22-15-/t25-/m1/s1. The largest absolute Gasteiger partial charge is 0.507 e. The summed E-state index contributed by atoms with van der Waals surface area (Å²) in [5, 5.41) is 10.7.